The summed E-state index contributed by atoms with van der Waals surface area (Å²) in [6, 6.07) is 0.373. The predicted octanol–water partition coefficient (Wildman–Crippen LogP) is 2.50. The van der Waals surface area contributed by atoms with Crippen LogP contribution in [0.25, 0.3) is 0 Å². The first kappa shape index (κ1) is 15.1. The van der Waals surface area contributed by atoms with Crippen LogP contribution in [0.4, 0.5) is 9.59 Å². The Labute approximate surface area is 138 Å². The molecule has 4 aliphatic heterocycles. The number of nitrogens with zero attached hydrogens (tertiary/aromatic N) is 4. The van der Waals surface area contributed by atoms with Crippen molar-refractivity contribution in [3.05, 3.63) is 0 Å². The van der Waals surface area contributed by atoms with Crippen molar-refractivity contribution in [3.63, 3.8) is 0 Å². The van der Waals surface area contributed by atoms with Gasteiger partial charge in [-0.15, -0.1) is 0 Å². The Kier molecular flexibility index (Phi) is 3.13. The van der Waals surface area contributed by atoms with Gasteiger partial charge in [-0.2, -0.15) is 0 Å². The van der Waals surface area contributed by atoms with Gasteiger partial charge in [-0.25, -0.2) is 9.59 Å². The zero-order chi connectivity index (χ0) is 16.5. The normalized spacial score (nSPS) is 38.3. The van der Waals surface area contributed by atoms with E-state index in [0.29, 0.717) is 5.92 Å². The Morgan fingerprint density at radius 2 is 1.57 bits per heavy atom. The molecule has 0 spiro atoms. The molecule has 0 aromatic carbocycles. The SMILES string of the molecule is CC[C@@H]1CCN2C(=O)N3C4C2N(CC1)C(=O)N4C(C)(C)[C@@H]3CC. The smallest absolute Gasteiger partial charge is 0.300 e. The van der Waals surface area contributed by atoms with Crippen molar-refractivity contribution in [2.24, 2.45) is 5.92 Å². The van der Waals surface area contributed by atoms with Crippen molar-refractivity contribution in [2.75, 3.05) is 13.1 Å². The van der Waals surface area contributed by atoms with E-state index in [4.69, 9.17) is 0 Å². The van der Waals surface area contributed by atoms with Crippen LogP contribution in [-0.2, 0) is 0 Å². The molecule has 4 fully saturated rings. The molecule has 4 saturated heterocycles. The van der Waals surface area contributed by atoms with Crippen molar-refractivity contribution >= 4 is 12.1 Å². The lowest BCUT2D eigenvalue weighted by molar-refractivity contribution is 0.103. The summed E-state index contributed by atoms with van der Waals surface area (Å²) in [5.41, 5.74) is -0.288. The number of amides is 4. The molecule has 0 bridgehead atoms. The number of urea groups is 2. The number of hydrogen-bond acceptors (Lipinski definition) is 2. The molecule has 6 nitrogen and oxygen atoms in total. The Hall–Kier alpha value is -1.46. The molecule has 4 aliphatic rings. The molecule has 0 radical (unpaired) electrons. The van der Waals surface area contributed by atoms with Gasteiger partial charge >= 0.3 is 12.1 Å². The predicted molar refractivity (Wildman–Crippen MR) is 86.6 cm³/mol. The lowest BCUT2D eigenvalue weighted by atomic mass is 9.92. The van der Waals surface area contributed by atoms with Crippen LogP contribution in [-0.4, -0.2) is 68.7 Å². The van der Waals surface area contributed by atoms with Crippen LogP contribution < -0.4 is 0 Å². The summed E-state index contributed by atoms with van der Waals surface area (Å²) in [5, 5.41) is 0. The van der Waals surface area contributed by atoms with Gasteiger partial charge in [0.15, 0.2) is 6.17 Å². The van der Waals surface area contributed by atoms with Gasteiger partial charge in [0, 0.05) is 13.1 Å². The van der Waals surface area contributed by atoms with Gasteiger partial charge < -0.3 is 0 Å². The molecule has 6 heteroatoms. The maximum atomic E-state index is 13.1. The lowest BCUT2D eigenvalue weighted by Gasteiger charge is -2.34. The van der Waals surface area contributed by atoms with Crippen LogP contribution >= 0.6 is 0 Å². The monoisotopic (exact) mass is 320 g/mol. The summed E-state index contributed by atoms with van der Waals surface area (Å²) < 4.78 is 0. The summed E-state index contributed by atoms with van der Waals surface area (Å²) >= 11 is 0. The van der Waals surface area contributed by atoms with E-state index in [0.717, 1.165) is 38.8 Å². The molecule has 4 amide bonds. The molecule has 0 saturated carbocycles. The quantitative estimate of drug-likeness (QED) is 0.785. The van der Waals surface area contributed by atoms with Gasteiger partial charge in [-0.1, -0.05) is 20.3 Å². The summed E-state index contributed by atoms with van der Waals surface area (Å²) in [6.07, 6.45) is 3.95. The molecule has 0 aromatic heterocycles. The third-order valence-electron chi connectivity index (χ3n) is 6.67. The molecular weight excluding hydrogens is 292 g/mol. The molecule has 0 N–H and O–H groups in total. The first-order valence-electron chi connectivity index (χ1n) is 9.12. The number of carbonyl (C=O) groups is 2. The molecule has 2 unspecified atom stereocenters. The van der Waals surface area contributed by atoms with Crippen LogP contribution in [0.1, 0.15) is 53.4 Å². The van der Waals surface area contributed by atoms with E-state index in [-0.39, 0.29) is 36.0 Å². The van der Waals surface area contributed by atoms with Crippen LogP contribution in [0.5, 0.6) is 0 Å². The molecule has 23 heavy (non-hydrogen) atoms. The third-order valence-corrected chi connectivity index (χ3v) is 6.67. The minimum atomic E-state index is -0.288. The molecule has 4 atom stereocenters. The van der Waals surface area contributed by atoms with Crippen LogP contribution in [0, 0.1) is 5.92 Å². The van der Waals surface area contributed by atoms with Gasteiger partial charge in [-0.05, 0) is 39.0 Å². The zero-order valence-corrected chi connectivity index (χ0v) is 14.7. The van der Waals surface area contributed by atoms with Gasteiger partial charge in [0.2, 0.25) is 0 Å². The fraction of sp³-hybridized carbons (Fsp3) is 0.882. The molecule has 4 rings (SSSR count). The van der Waals surface area contributed by atoms with Gasteiger partial charge in [0.25, 0.3) is 0 Å². The highest BCUT2D eigenvalue weighted by atomic mass is 16.2. The topological polar surface area (TPSA) is 47.1 Å². The van der Waals surface area contributed by atoms with Gasteiger partial charge in [0.05, 0.1) is 11.6 Å². The summed E-state index contributed by atoms with van der Waals surface area (Å²) in [4.78, 5) is 34.2. The van der Waals surface area contributed by atoms with Gasteiger partial charge in [0.1, 0.15) is 6.17 Å². The first-order valence-corrected chi connectivity index (χ1v) is 9.12. The zero-order valence-electron chi connectivity index (χ0n) is 14.7. The van der Waals surface area contributed by atoms with E-state index in [9.17, 15) is 9.59 Å². The molecular formula is C17H28N4O2. The lowest BCUT2D eigenvalue weighted by Crippen LogP contribution is -2.50. The second-order valence-electron chi connectivity index (χ2n) is 7.99. The average Bonchev–Trinajstić information content (AvgIpc) is 2.99. The van der Waals surface area contributed by atoms with Crippen molar-refractivity contribution in [1.29, 1.82) is 0 Å². The molecule has 128 valence electrons. The Bertz CT molecular complexity index is 549. The van der Waals surface area contributed by atoms with E-state index in [2.05, 4.69) is 27.7 Å². The minimum absolute atomic E-state index is 0.0800. The fourth-order valence-corrected chi connectivity index (χ4v) is 5.38. The Morgan fingerprint density at radius 3 is 2.13 bits per heavy atom. The second kappa shape index (κ2) is 4.77. The molecule has 0 aromatic rings. The van der Waals surface area contributed by atoms with Crippen LogP contribution in [0.3, 0.4) is 0 Å². The number of rotatable bonds is 2. The van der Waals surface area contributed by atoms with Crippen molar-refractivity contribution in [1.82, 2.24) is 19.6 Å². The largest absolute Gasteiger partial charge is 0.324 e. The van der Waals surface area contributed by atoms with Crippen molar-refractivity contribution in [2.45, 2.75) is 77.3 Å². The highest BCUT2D eigenvalue weighted by Gasteiger charge is 2.69. The third kappa shape index (κ3) is 1.69. The summed E-state index contributed by atoms with van der Waals surface area (Å²) in [7, 11) is 0. The Balaban J connectivity index is 1.77. The number of hydrogen-bond donors (Lipinski definition) is 0. The van der Waals surface area contributed by atoms with E-state index >= 15 is 0 Å². The minimum Gasteiger partial charge on any atom is -0.300 e. The average molecular weight is 320 g/mol. The van der Waals surface area contributed by atoms with E-state index in [1.165, 1.54) is 0 Å². The highest BCUT2D eigenvalue weighted by Crippen LogP contribution is 2.49. The maximum absolute atomic E-state index is 13.1. The van der Waals surface area contributed by atoms with E-state index in [1.807, 2.05) is 19.6 Å². The van der Waals surface area contributed by atoms with E-state index in [1.54, 1.807) is 0 Å². The second-order valence-corrected chi connectivity index (χ2v) is 7.99. The van der Waals surface area contributed by atoms with Crippen LogP contribution in [0.15, 0.2) is 0 Å². The Morgan fingerprint density at radius 1 is 0.957 bits per heavy atom. The molecule has 4 heterocycles. The standard InChI is InChI=1S/C17H28N4O2/c1-5-11-7-9-18-13-14-20(15(18)22)12(6-2)17(3,4)21(14)16(23)19(13)10-8-11/h11-14H,5-10H2,1-4H3/t11-,12+,13?,14?/m1/s1. The highest BCUT2D eigenvalue weighted by molar-refractivity contribution is 5.87. The van der Waals surface area contributed by atoms with Crippen LogP contribution in [0.2, 0.25) is 0 Å². The van der Waals surface area contributed by atoms with Crippen molar-refractivity contribution in [3.8, 4) is 0 Å². The van der Waals surface area contributed by atoms with E-state index < -0.39 is 0 Å². The molecule has 0 aliphatic carbocycles. The van der Waals surface area contributed by atoms with Crippen molar-refractivity contribution < 1.29 is 9.59 Å². The fourth-order valence-electron chi connectivity index (χ4n) is 5.38. The summed E-state index contributed by atoms with van der Waals surface area (Å²) in [5.74, 6) is 0.605. The first-order chi connectivity index (χ1) is 10.9. The van der Waals surface area contributed by atoms with Gasteiger partial charge in [-0.3, -0.25) is 19.6 Å². The maximum Gasteiger partial charge on any atom is 0.324 e. The number of carbonyl (C=O) groups excluding carboxylic acids is 2. The summed E-state index contributed by atoms with van der Waals surface area (Å²) in [6.45, 7) is 10.1.